The summed E-state index contributed by atoms with van der Waals surface area (Å²) in [6.07, 6.45) is -9.08. The Labute approximate surface area is 144 Å². The Kier molecular flexibility index (Phi) is 5.11. The van der Waals surface area contributed by atoms with Gasteiger partial charge >= 0.3 is 12.4 Å². The van der Waals surface area contributed by atoms with E-state index in [0.717, 1.165) is 6.07 Å². The van der Waals surface area contributed by atoms with Gasteiger partial charge in [0.15, 0.2) is 0 Å². The molecule has 0 aliphatic heterocycles. The van der Waals surface area contributed by atoms with Crippen LogP contribution in [0.4, 0.5) is 26.3 Å². The van der Waals surface area contributed by atoms with Crippen LogP contribution in [0.5, 0.6) is 0 Å². The fourth-order valence-electron chi connectivity index (χ4n) is 2.16. The first-order valence-electron chi connectivity index (χ1n) is 7.18. The zero-order valence-corrected chi connectivity index (χ0v) is 13.3. The lowest BCUT2D eigenvalue weighted by atomic mass is 10.0. The van der Waals surface area contributed by atoms with Gasteiger partial charge in [0.25, 0.3) is 0 Å². The van der Waals surface area contributed by atoms with E-state index in [2.05, 4.69) is 4.98 Å². The maximum atomic E-state index is 13.3. The molecule has 26 heavy (non-hydrogen) atoms. The van der Waals surface area contributed by atoms with Crippen molar-refractivity contribution in [2.75, 3.05) is 0 Å². The van der Waals surface area contributed by atoms with Gasteiger partial charge in [0.1, 0.15) is 5.70 Å². The standard InChI is InChI=1S/C17H13F6N3/c1-9-5-6-10(11(7-9)16(18,19)20)13-3-2-4-14(26-13)12(24)8-15(25)17(21,22)23/h2-8,24H,25H2,1H3. The van der Waals surface area contributed by atoms with Crippen LogP contribution in [0.1, 0.15) is 16.8 Å². The molecule has 0 aliphatic rings. The van der Waals surface area contributed by atoms with Gasteiger partial charge in [-0.25, -0.2) is 4.98 Å². The second kappa shape index (κ2) is 6.81. The Morgan fingerprint density at radius 3 is 2.31 bits per heavy atom. The van der Waals surface area contributed by atoms with Crippen molar-refractivity contribution in [3.05, 3.63) is 65.0 Å². The first-order valence-corrected chi connectivity index (χ1v) is 7.18. The zero-order valence-electron chi connectivity index (χ0n) is 13.3. The van der Waals surface area contributed by atoms with Gasteiger partial charge in [-0.1, -0.05) is 23.8 Å². The second-order valence-corrected chi connectivity index (χ2v) is 5.47. The normalized spacial score (nSPS) is 13.0. The molecule has 138 valence electrons. The lowest BCUT2D eigenvalue weighted by molar-refractivity contribution is -0.137. The third-order valence-electron chi connectivity index (χ3n) is 3.41. The van der Waals surface area contributed by atoms with Crippen LogP contribution < -0.4 is 5.73 Å². The summed E-state index contributed by atoms with van der Waals surface area (Å²) in [6.45, 7) is 1.50. The quantitative estimate of drug-likeness (QED) is 0.597. The van der Waals surface area contributed by atoms with Gasteiger partial charge in [-0.3, -0.25) is 5.41 Å². The molecule has 1 aromatic carbocycles. The van der Waals surface area contributed by atoms with Crippen LogP contribution >= 0.6 is 0 Å². The first-order chi connectivity index (χ1) is 11.9. The number of nitrogens with two attached hydrogens (primary N) is 1. The Hall–Kier alpha value is -2.84. The van der Waals surface area contributed by atoms with Crippen molar-refractivity contribution in [3.8, 4) is 11.3 Å². The van der Waals surface area contributed by atoms with E-state index < -0.39 is 29.3 Å². The number of allylic oxidation sites excluding steroid dienone is 2. The summed E-state index contributed by atoms with van der Waals surface area (Å²) in [5, 5.41) is 7.67. The SMILES string of the molecule is Cc1ccc(-c2cccc(C(=N)C=C(N)C(F)(F)F)n2)c(C(F)(F)F)c1. The topological polar surface area (TPSA) is 62.8 Å². The van der Waals surface area contributed by atoms with E-state index in [4.69, 9.17) is 11.1 Å². The molecule has 0 aliphatic carbocycles. The largest absolute Gasteiger partial charge is 0.430 e. The number of hydrogen-bond acceptors (Lipinski definition) is 3. The Morgan fingerprint density at radius 1 is 1.08 bits per heavy atom. The van der Waals surface area contributed by atoms with Crippen LogP contribution in [-0.2, 0) is 6.18 Å². The lowest BCUT2D eigenvalue weighted by Gasteiger charge is -2.14. The first kappa shape index (κ1) is 19.5. The number of aromatic nitrogens is 1. The minimum absolute atomic E-state index is 0.112. The minimum atomic E-state index is -4.82. The number of aryl methyl sites for hydroxylation is 1. The highest BCUT2D eigenvalue weighted by Gasteiger charge is 2.34. The van der Waals surface area contributed by atoms with Gasteiger partial charge in [0.05, 0.1) is 22.7 Å². The maximum Gasteiger partial charge on any atom is 0.430 e. The molecule has 3 nitrogen and oxygen atoms in total. The van der Waals surface area contributed by atoms with Gasteiger partial charge in [-0.05, 0) is 31.2 Å². The molecule has 3 N–H and O–H groups in total. The number of pyridine rings is 1. The van der Waals surface area contributed by atoms with Crippen LogP contribution in [0, 0.1) is 12.3 Å². The van der Waals surface area contributed by atoms with Gasteiger partial charge < -0.3 is 5.73 Å². The summed E-state index contributed by atoms with van der Waals surface area (Å²) < 4.78 is 77.1. The smallest absolute Gasteiger partial charge is 0.395 e. The molecule has 0 fully saturated rings. The molecule has 9 heteroatoms. The molecule has 0 unspecified atom stereocenters. The van der Waals surface area contributed by atoms with Crippen LogP contribution in [0.25, 0.3) is 11.3 Å². The predicted molar refractivity (Wildman–Crippen MR) is 84.6 cm³/mol. The third kappa shape index (κ3) is 4.41. The highest BCUT2D eigenvalue weighted by Crippen LogP contribution is 2.37. The van der Waals surface area contributed by atoms with Gasteiger partial charge in [-0.2, -0.15) is 26.3 Å². The second-order valence-electron chi connectivity index (χ2n) is 5.47. The van der Waals surface area contributed by atoms with Crippen molar-refractivity contribution in [2.24, 2.45) is 5.73 Å². The summed E-state index contributed by atoms with van der Waals surface area (Å²) in [5.74, 6) is 0. The molecule has 0 radical (unpaired) electrons. The molecule has 1 heterocycles. The highest BCUT2D eigenvalue weighted by atomic mass is 19.4. The van der Waals surface area contributed by atoms with E-state index >= 15 is 0 Å². The number of benzene rings is 1. The fraction of sp³-hybridized carbons (Fsp3) is 0.176. The van der Waals surface area contributed by atoms with Gasteiger partial charge in [0.2, 0.25) is 0 Å². The van der Waals surface area contributed by atoms with E-state index in [-0.39, 0.29) is 17.0 Å². The Balaban J connectivity index is 2.50. The predicted octanol–water partition coefficient (Wildman–Crippen LogP) is 4.85. The monoisotopic (exact) mass is 373 g/mol. The van der Waals surface area contributed by atoms with Crippen LogP contribution in [0.3, 0.4) is 0 Å². The Morgan fingerprint density at radius 2 is 1.73 bits per heavy atom. The fourth-order valence-corrected chi connectivity index (χ4v) is 2.16. The molecule has 0 amide bonds. The summed E-state index contributed by atoms with van der Waals surface area (Å²) >= 11 is 0. The summed E-state index contributed by atoms with van der Waals surface area (Å²) in [6, 6.07) is 7.46. The van der Waals surface area contributed by atoms with Crippen molar-refractivity contribution in [2.45, 2.75) is 19.3 Å². The number of hydrogen-bond donors (Lipinski definition) is 2. The van der Waals surface area contributed by atoms with Crippen LogP contribution in [0.2, 0.25) is 0 Å². The zero-order chi connectivity index (χ0) is 19.7. The maximum absolute atomic E-state index is 13.3. The molecule has 1 aromatic heterocycles. The molecule has 0 saturated carbocycles. The number of alkyl halides is 6. The minimum Gasteiger partial charge on any atom is -0.395 e. The average Bonchev–Trinajstić information content (AvgIpc) is 2.53. The summed E-state index contributed by atoms with van der Waals surface area (Å²) in [5.41, 5.74) is 1.59. The number of halogens is 6. The van der Waals surface area contributed by atoms with Crippen LogP contribution in [0.15, 0.2) is 48.2 Å². The van der Waals surface area contributed by atoms with E-state index in [9.17, 15) is 26.3 Å². The highest BCUT2D eigenvalue weighted by molar-refractivity contribution is 6.05. The molecule has 2 rings (SSSR count). The van der Waals surface area contributed by atoms with Crippen molar-refractivity contribution < 1.29 is 26.3 Å². The molecule has 0 bridgehead atoms. The summed E-state index contributed by atoms with van der Waals surface area (Å²) in [7, 11) is 0. The van der Waals surface area contributed by atoms with Crippen molar-refractivity contribution in [1.82, 2.24) is 4.98 Å². The van der Waals surface area contributed by atoms with Gasteiger partial charge in [0, 0.05) is 5.56 Å². The van der Waals surface area contributed by atoms with Crippen molar-refractivity contribution in [3.63, 3.8) is 0 Å². The van der Waals surface area contributed by atoms with E-state index in [1.807, 2.05) is 0 Å². The molecule has 0 saturated heterocycles. The number of nitrogens with zero attached hydrogens (tertiary/aromatic N) is 1. The Bertz CT molecular complexity index is 866. The van der Waals surface area contributed by atoms with E-state index in [0.29, 0.717) is 11.6 Å². The molecular formula is C17H13F6N3. The molecule has 0 spiro atoms. The van der Waals surface area contributed by atoms with Crippen molar-refractivity contribution >= 4 is 5.71 Å². The van der Waals surface area contributed by atoms with Crippen molar-refractivity contribution in [1.29, 1.82) is 5.41 Å². The number of nitrogens with one attached hydrogen (secondary N) is 1. The average molecular weight is 373 g/mol. The molecular weight excluding hydrogens is 360 g/mol. The summed E-state index contributed by atoms with van der Waals surface area (Å²) in [4.78, 5) is 3.89. The third-order valence-corrected chi connectivity index (χ3v) is 3.41. The lowest BCUT2D eigenvalue weighted by Crippen LogP contribution is -2.21. The molecule has 0 atom stereocenters. The van der Waals surface area contributed by atoms with Crippen LogP contribution in [-0.4, -0.2) is 16.9 Å². The number of rotatable bonds is 3. The molecule has 2 aromatic rings. The van der Waals surface area contributed by atoms with E-state index in [1.165, 1.54) is 37.3 Å². The van der Waals surface area contributed by atoms with E-state index in [1.54, 1.807) is 0 Å². The van der Waals surface area contributed by atoms with Gasteiger partial charge in [-0.15, -0.1) is 0 Å².